The van der Waals surface area contributed by atoms with Crippen LogP contribution in [-0.2, 0) is 17.8 Å². The Balaban J connectivity index is 1.53. The Kier molecular flexibility index (Phi) is 6.49. The quantitative estimate of drug-likeness (QED) is 0.423. The van der Waals surface area contributed by atoms with E-state index in [1.165, 1.54) is 10.2 Å². The van der Waals surface area contributed by atoms with E-state index in [9.17, 15) is 14.4 Å². The molecule has 8 nitrogen and oxygen atoms in total. The predicted molar refractivity (Wildman–Crippen MR) is 131 cm³/mol. The van der Waals surface area contributed by atoms with Gasteiger partial charge in [0.1, 0.15) is 5.58 Å². The SMILES string of the molecule is CCCn1nc(C(=O)NNC(=O)Cc2coc3cc(C)c(C(C)C)cc23)c2ccccc2c1=O. The van der Waals surface area contributed by atoms with Gasteiger partial charge in [0, 0.05) is 22.9 Å². The van der Waals surface area contributed by atoms with Crippen molar-refractivity contribution in [2.24, 2.45) is 0 Å². The van der Waals surface area contributed by atoms with Crippen molar-refractivity contribution in [1.82, 2.24) is 20.6 Å². The first-order valence-electron chi connectivity index (χ1n) is 11.4. The number of hydrogen-bond donors (Lipinski definition) is 2. The number of benzene rings is 2. The summed E-state index contributed by atoms with van der Waals surface area (Å²) in [6, 6.07) is 10.9. The van der Waals surface area contributed by atoms with Crippen LogP contribution < -0.4 is 16.4 Å². The number of furan rings is 1. The van der Waals surface area contributed by atoms with Gasteiger partial charge in [-0.2, -0.15) is 5.10 Å². The molecule has 2 N–H and O–H groups in total. The molecule has 0 fully saturated rings. The fraction of sp³-hybridized carbons (Fsp3) is 0.308. The second-order valence-corrected chi connectivity index (χ2v) is 8.72. The molecule has 0 saturated carbocycles. The molecule has 0 unspecified atom stereocenters. The van der Waals surface area contributed by atoms with Crippen molar-refractivity contribution in [3.63, 3.8) is 0 Å². The van der Waals surface area contributed by atoms with Crippen molar-refractivity contribution >= 4 is 33.6 Å². The second kappa shape index (κ2) is 9.51. The minimum absolute atomic E-state index is 0.0391. The number of amides is 2. The second-order valence-electron chi connectivity index (χ2n) is 8.72. The molecule has 0 radical (unpaired) electrons. The fourth-order valence-corrected chi connectivity index (χ4v) is 4.17. The Hall–Kier alpha value is -3.94. The molecule has 2 aromatic heterocycles. The fourth-order valence-electron chi connectivity index (χ4n) is 4.17. The minimum Gasteiger partial charge on any atom is -0.464 e. The van der Waals surface area contributed by atoms with E-state index in [1.54, 1.807) is 30.5 Å². The van der Waals surface area contributed by atoms with E-state index in [1.807, 2.05) is 19.9 Å². The summed E-state index contributed by atoms with van der Waals surface area (Å²) < 4.78 is 6.93. The van der Waals surface area contributed by atoms with Gasteiger partial charge < -0.3 is 4.42 Å². The van der Waals surface area contributed by atoms with E-state index >= 15 is 0 Å². The molecular formula is C26H28N4O4. The normalized spacial score (nSPS) is 11.3. The molecule has 0 saturated heterocycles. The lowest BCUT2D eigenvalue weighted by Crippen LogP contribution is -2.43. The molecule has 8 heteroatoms. The number of aryl methyl sites for hydroxylation is 2. The van der Waals surface area contributed by atoms with Crippen molar-refractivity contribution in [1.29, 1.82) is 0 Å². The average molecular weight is 461 g/mol. The number of hydrazine groups is 1. The third-order valence-corrected chi connectivity index (χ3v) is 5.85. The number of carbonyl (C=O) groups excluding carboxylic acids is 2. The maximum Gasteiger partial charge on any atom is 0.290 e. The number of fused-ring (bicyclic) bond motifs is 2. The van der Waals surface area contributed by atoms with Crippen LogP contribution in [0.15, 0.2) is 51.9 Å². The third-order valence-electron chi connectivity index (χ3n) is 5.85. The first kappa shape index (κ1) is 23.2. The number of rotatable bonds is 6. The molecule has 0 atom stereocenters. The maximum absolute atomic E-state index is 12.9. The summed E-state index contributed by atoms with van der Waals surface area (Å²) in [5, 5.41) is 5.97. The van der Waals surface area contributed by atoms with E-state index in [-0.39, 0.29) is 17.7 Å². The van der Waals surface area contributed by atoms with Crippen LogP contribution in [0.3, 0.4) is 0 Å². The van der Waals surface area contributed by atoms with Gasteiger partial charge >= 0.3 is 0 Å². The summed E-state index contributed by atoms with van der Waals surface area (Å²) in [5.41, 5.74) is 8.52. The van der Waals surface area contributed by atoms with Gasteiger partial charge in [0.05, 0.1) is 18.1 Å². The first-order chi connectivity index (χ1) is 16.3. The molecule has 0 aliphatic carbocycles. The molecule has 2 aromatic carbocycles. The van der Waals surface area contributed by atoms with Gasteiger partial charge in [0.25, 0.3) is 11.5 Å². The van der Waals surface area contributed by atoms with Crippen molar-refractivity contribution in [2.45, 2.75) is 53.0 Å². The summed E-state index contributed by atoms with van der Waals surface area (Å²) in [5.74, 6) is -0.642. The topological polar surface area (TPSA) is 106 Å². The highest BCUT2D eigenvalue weighted by atomic mass is 16.3. The van der Waals surface area contributed by atoms with Crippen molar-refractivity contribution < 1.29 is 14.0 Å². The summed E-state index contributed by atoms with van der Waals surface area (Å²) in [4.78, 5) is 38.1. The summed E-state index contributed by atoms with van der Waals surface area (Å²) in [6.45, 7) is 8.60. The van der Waals surface area contributed by atoms with Crippen LogP contribution in [0.1, 0.15) is 60.3 Å². The van der Waals surface area contributed by atoms with Crippen LogP contribution in [0.2, 0.25) is 0 Å². The Morgan fingerprint density at radius 3 is 2.53 bits per heavy atom. The van der Waals surface area contributed by atoms with Crippen LogP contribution in [-0.4, -0.2) is 21.6 Å². The smallest absolute Gasteiger partial charge is 0.290 e. The van der Waals surface area contributed by atoms with Crippen LogP contribution in [0.4, 0.5) is 0 Å². The molecule has 0 spiro atoms. The number of carbonyl (C=O) groups is 2. The van der Waals surface area contributed by atoms with Crippen LogP contribution in [0, 0.1) is 6.92 Å². The molecule has 4 aromatic rings. The zero-order valence-corrected chi connectivity index (χ0v) is 19.8. The molecule has 34 heavy (non-hydrogen) atoms. The Morgan fingerprint density at radius 1 is 1.09 bits per heavy atom. The largest absolute Gasteiger partial charge is 0.464 e. The molecule has 2 amide bonds. The van der Waals surface area contributed by atoms with Gasteiger partial charge in [-0.3, -0.25) is 25.2 Å². The number of hydrogen-bond acceptors (Lipinski definition) is 5. The average Bonchev–Trinajstić information content (AvgIpc) is 3.19. The lowest BCUT2D eigenvalue weighted by Gasteiger charge is -2.12. The van der Waals surface area contributed by atoms with E-state index in [4.69, 9.17) is 4.42 Å². The van der Waals surface area contributed by atoms with Crippen molar-refractivity contribution in [2.75, 3.05) is 0 Å². The van der Waals surface area contributed by atoms with Crippen LogP contribution in [0.25, 0.3) is 21.7 Å². The van der Waals surface area contributed by atoms with Crippen LogP contribution in [0.5, 0.6) is 0 Å². The molecule has 4 rings (SSSR count). The first-order valence-corrected chi connectivity index (χ1v) is 11.4. The Morgan fingerprint density at radius 2 is 1.82 bits per heavy atom. The molecular weight excluding hydrogens is 432 g/mol. The van der Waals surface area contributed by atoms with Crippen molar-refractivity contribution in [3.8, 4) is 0 Å². The zero-order valence-electron chi connectivity index (χ0n) is 19.8. The van der Waals surface area contributed by atoms with Gasteiger partial charge in [-0.15, -0.1) is 0 Å². The highest BCUT2D eigenvalue weighted by Crippen LogP contribution is 2.29. The summed E-state index contributed by atoms with van der Waals surface area (Å²) in [7, 11) is 0. The van der Waals surface area contributed by atoms with E-state index < -0.39 is 11.8 Å². The van der Waals surface area contributed by atoms with E-state index in [0.29, 0.717) is 29.7 Å². The molecule has 0 bridgehead atoms. The minimum atomic E-state index is -0.593. The van der Waals surface area contributed by atoms with Gasteiger partial charge in [-0.05, 0) is 48.6 Å². The number of aromatic nitrogens is 2. The lowest BCUT2D eigenvalue weighted by atomic mass is 9.95. The van der Waals surface area contributed by atoms with E-state index in [0.717, 1.165) is 22.1 Å². The highest BCUT2D eigenvalue weighted by molar-refractivity contribution is 6.05. The number of nitrogens with one attached hydrogen (secondary N) is 2. The van der Waals surface area contributed by atoms with Gasteiger partial charge in [0.2, 0.25) is 5.91 Å². The molecule has 2 heterocycles. The van der Waals surface area contributed by atoms with Gasteiger partial charge in [-0.1, -0.05) is 39.0 Å². The third kappa shape index (κ3) is 4.44. The number of nitrogens with zero attached hydrogens (tertiary/aromatic N) is 2. The standard InChI is InChI=1S/C26H28N4O4/c1-5-10-30-26(33)19-9-7-6-8-18(19)24(29-30)25(32)28-27-23(31)12-17-14-34-22-11-16(4)20(15(2)3)13-21(17)22/h6-9,11,13-15H,5,10,12H2,1-4H3,(H,27,31)(H,28,32). The maximum atomic E-state index is 12.9. The van der Waals surface area contributed by atoms with Crippen molar-refractivity contribution in [3.05, 3.63) is 75.4 Å². The monoisotopic (exact) mass is 460 g/mol. The lowest BCUT2D eigenvalue weighted by molar-refractivity contribution is -0.121. The Labute approximate surface area is 196 Å². The Bertz CT molecular complexity index is 1450. The summed E-state index contributed by atoms with van der Waals surface area (Å²) in [6.07, 6.45) is 2.31. The van der Waals surface area contributed by atoms with Gasteiger partial charge in [-0.25, -0.2) is 4.68 Å². The molecule has 176 valence electrons. The molecule has 0 aliphatic rings. The van der Waals surface area contributed by atoms with Gasteiger partial charge in [0.15, 0.2) is 5.69 Å². The molecule has 0 aliphatic heterocycles. The highest BCUT2D eigenvalue weighted by Gasteiger charge is 2.18. The predicted octanol–water partition coefficient (Wildman–Crippen LogP) is 3.99. The zero-order chi connectivity index (χ0) is 24.4. The van der Waals surface area contributed by atoms with E-state index in [2.05, 4.69) is 35.9 Å². The summed E-state index contributed by atoms with van der Waals surface area (Å²) >= 11 is 0. The van der Waals surface area contributed by atoms with Crippen LogP contribution >= 0.6 is 0 Å².